The molecule has 0 aliphatic carbocycles. The highest BCUT2D eigenvalue weighted by molar-refractivity contribution is 7.93. The van der Waals surface area contributed by atoms with E-state index in [0.29, 0.717) is 0 Å². The van der Waals surface area contributed by atoms with Crippen molar-refractivity contribution in [3.8, 4) is 0 Å². The van der Waals surface area contributed by atoms with Gasteiger partial charge in [0.1, 0.15) is 0 Å². The van der Waals surface area contributed by atoms with Crippen molar-refractivity contribution in [1.29, 1.82) is 0 Å². The van der Waals surface area contributed by atoms with Gasteiger partial charge in [0.05, 0.1) is 36.7 Å². The highest BCUT2D eigenvalue weighted by Crippen LogP contribution is 2.44. The van der Waals surface area contributed by atoms with Gasteiger partial charge in [-0.3, -0.25) is 0 Å². The Morgan fingerprint density at radius 1 is 0.938 bits per heavy atom. The van der Waals surface area contributed by atoms with E-state index in [1.807, 2.05) is 0 Å². The Morgan fingerprint density at radius 3 is 2.00 bits per heavy atom. The average molecular weight is 479 g/mol. The van der Waals surface area contributed by atoms with E-state index in [2.05, 4.69) is 0 Å². The number of alkyl halides is 3. The second-order valence-electron chi connectivity index (χ2n) is 6.15. The van der Waals surface area contributed by atoms with E-state index >= 15 is 0 Å². The molecule has 1 aliphatic heterocycles. The van der Waals surface area contributed by atoms with Crippen molar-refractivity contribution in [3.63, 3.8) is 0 Å². The fraction of sp³-hybridized carbons (Fsp3) is 0.421. The Morgan fingerprint density at radius 2 is 1.47 bits per heavy atom. The van der Waals surface area contributed by atoms with E-state index in [1.54, 1.807) is 0 Å². The number of hydrogen-bond acceptors (Lipinski definition) is 8. The third-order valence-corrected chi connectivity index (χ3v) is 5.73. The van der Waals surface area contributed by atoms with Gasteiger partial charge in [0.15, 0.2) is 6.04 Å². The third-order valence-electron chi connectivity index (χ3n) is 4.22. The van der Waals surface area contributed by atoms with E-state index < -0.39 is 56.3 Å². The monoisotopic (exact) mass is 479 g/mol. The van der Waals surface area contributed by atoms with Gasteiger partial charge in [0.25, 0.3) is 0 Å². The maximum Gasteiger partial charge on any atom is 0.516 e. The molecule has 0 unspecified atom stereocenters. The van der Waals surface area contributed by atoms with Gasteiger partial charge in [-0.1, -0.05) is 18.2 Å². The van der Waals surface area contributed by atoms with Gasteiger partial charge < -0.3 is 14.2 Å². The van der Waals surface area contributed by atoms with E-state index in [-0.39, 0.29) is 29.7 Å². The SMILES string of the molecule is CCOC(=O)C1=C(C(=O)OCC)[C@@H](C(=O)OCC)N(S(=O)(=O)C(F)(F)F)c2ccccc21. The maximum absolute atomic E-state index is 13.6. The second-order valence-corrected chi connectivity index (χ2v) is 7.95. The number of para-hydroxylation sites is 1. The van der Waals surface area contributed by atoms with Crippen LogP contribution in [0.25, 0.3) is 5.57 Å². The van der Waals surface area contributed by atoms with Crippen LogP contribution in [-0.4, -0.2) is 57.7 Å². The number of halogens is 3. The van der Waals surface area contributed by atoms with Crippen LogP contribution in [0.5, 0.6) is 0 Å². The lowest BCUT2D eigenvalue weighted by Gasteiger charge is -2.37. The highest BCUT2D eigenvalue weighted by atomic mass is 32.2. The molecule has 1 aromatic carbocycles. The van der Waals surface area contributed by atoms with Crippen LogP contribution in [0.4, 0.5) is 18.9 Å². The quantitative estimate of drug-likeness (QED) is 0.432. The molecule has 0 amide bonds. The van der Waals surface area contributed by atoms with Gasteiger partial charge in [-0.2, -0.15) is 21.6 Å². The number of nitrogens with zero attached hydrogens (tertiary/aromatic N) is 1. The van der Waals surface area contributed by atoms with Crippen LogP contribution < -0.4 is 4.31 Å². The zero-order valence-corrected chi connectivity index (χ0v) is 18.1. The summed E-state index contributed by atoms with van der Waals surface area (Å²) in [5.41, 5.74) is -8.38. The van der Waals surface area contributed by atoms with Gasteiger partial charge in [-0.05, 0) is 26.8 Å². The molecule has 0 saturated carbocycles. The van der Waals surface area contributed by atoms with Crippen LogP contribution >= 0.6 is 0 Å². The van der Waals surface area contributed by atoms with Crippen LogP contribution in [0, 0.1) is 0 Å². The molecule has 0 N–H and O–H groups in total. The number of hydrogen-bond donors (Lipinski definition) is 0. The van der Waals surface area contributed by atoms with Gasteiger partial charge in [0.2, 0.25) is 0 Å². The molecule has 0 saturated heterocycles. The minimum absolute atomic E-state index is 0.171. The average Bonchev–Trinajstić information content (AvgIpc) is 2.71. The van der Waals surface area contributed by atoms with Gasteiger partial charge in [-0.25, -0.2) is 18.7 Å². The summed E-state index contributed by atoms with van der Waals surface area (Å²) in [5, 5.41) is 0. The van der Waals surface area contributed by atoms with Crippen LogP contribution in [0.1, 0.15) is 26.3 Å². The minimum atomic E-state index is -6.23. The van der Waals surface area contributed by atoms with E-state index in [0.717, 1.165) is 12.1 Å². The topological polar surface area (TPSA) is 116 Å². The Hall–Kier alpha value is -3.09. The van der Waals surface area contributed by atoms with Crippen LogP contribution in [0.15, 0.2) is 29.8 Å². The molecule has 2 rings (SSSR count). The smallest absolute Gasteiger partial charge is 0.464 e. The molecule has 1 heterocycles. The van der Waals surface area contributed by atoms with Crippen LogP contribution in [0.3, 0.4) is 0 Å². The minimum Gasteiger partial charge on any atom is -0.464 e. The number of fused-ring (bicyclic) bond motifs is 1. The molecule has 13 heteroatoms. The number of rotatable bonds is 7. The summed E-state index contributed by atoms with van der Waals surface area (Å²) < 4.78 is 80.1. The molecule has 176 valence electrons. The predicted molar refractivity (Wildman–Crippen MR) is 105 cm³/mol. The fourth-order valence-electron chi connectivity index (χ4n) is 3.08. The summed E-state index contributed by atoms with van der Waals surface area (Å²) in [7, 11) is -6.23. The summed E-state index contributed by atoms with van der Waals surface area (Å²) in [6, 6.07) is 2.13. The third kappa shape index (κ3) is 4.42. The number of esters is 3. The lowest BCUT2D eigenvalue weighted by atomic mass is 9.89. The molecule has 0 radical (unpaired) electrons. The first-order valence-electron chi connectivity index (χ1n) is 9.39. The standard InChI is InChI=1S/C19H20F3NO8S/c1-4-29-16(24)13-11-9-7-8-10-12(11)23(32(27,28)19(20,21)22)15(18(26)31-6-3)14(13)17(25)30-5-2/h7-10,15H,4-6H2,1-3H3/t15-/m0/s1. The molecular weight excluding hydrogens is 459 g/mol. The van der Waals surface area contributed by atoms with Crippen molar-refractivity contribution >= 4 is 39.2 Å². The van der Waals surface area contributed by atoms with E-state index in [1.165, 1.54) is 32.9 Å². The van der Waals surface area contributed by atoms with Crippen LogP contribution in [-0.2, 0) is 38.6 Å². The first-order chi connectivity index (χ1) is 14.9. The van der Waals surface area contributed by atoms with E-state index in [9.17, 15) is 36.0 Å². The van der Waals surface area contributed by atoms with Gasteiger partial charge >= 0.3 is 33.4 Å². The van der Waals surface area contributed by atoms with Gasteiger partial charge in [0, 0.05) is 5.56 Å². The summed E-state index contributed by atoms with van der Waals surface area (Å²) >= 11 is 0. The first kappa shape index (κ1) is 25.2. The summed E-state index contributed by atoms with van der Waals surface area (Å²) in [6.07, 6.45) is 0. The summed E-state index contributed by atoms with van der Waals surface area (Å²) in [6.45, 7) is 3.36. The predicted octanol–water partition coefficient (Wildman–Crippen LogP) is 2.17. The molecule has 0 spiro atoms. The largest absolute Gasteiger partial charge is 0.516 e. The van der Waals surface area contributed by atoms with Crippen molar-refractivity contribution in [1.82, 2.24) is 0 Å². The lowest BCUT2D eigenvalue weighted by Crippen LogP contribution is -2.55. The second kappa shape index (κ2) is 9.59. The molecule has 0 fully saturated rings. The lowest BCUT2D eigenvalue weighted by molar-refractivity contribution is -0.147. The normalized spacial score (nSPS) is 16.3. The van der Waals surface area contributed by atoms with Crippen molar-refractivity contribution < 1.29 is 50.2 Å². The Balaban J connectivity index is 3.03. The number of carbonyl (C=O) groups excluding carboxylic acids is 3. The number of benzene rings is 1. The van der Waals surface area contributed by atoms with Crippen molar-refractivity contribution in [2.75, 3.05) is 24.1 Å². The Bertz CT molecular complexity index is 1050. The zero-order valence-electron chi connectivity index (χ0n) is 17.3. The molecule has 0 aromatic heterocycles. The number of anilines is 1. The van der Waals surface area contributed by atoms with Crippen LogP contribution in [0.2, 0.25) is 0 Å². The number of ether oxygens (including phenoxy) is 3. The highest BCUT2D eigenvalue weighted by Gasteiger charge is 2.58. The fourth-order valence-corrected chi connectivity index (χ4v) is 4.19. The summed E-state index contributed by atoms with van der Waals surface area (Å²) in [4.78, 5) is 38.2. The molecule has 1 aromatic rings. The molecule has 1 aliphatic rings. The molecule has 1 atom stereocenters. The van der Waals surface area contributed by atoms with Crippen molar-refractivity contribution in [2.24, 2.45) is 0 Å². The first-order valence-corrected chi connectivity index (χ1v) is 10.8. The van der Waals surface area contributed by atoms with Crippen molar-refractivity contribution in [3.05, 3.63) is 35.4 Å². The Kier molecular flexibility index (Phi) is 7.54. The zero-order chi connectivity index (χ0) is 24.3. The Labute approximate surface area is 181 Å². The van der Waals surface area contributed by atoms with E-state index in [4.69, 9.17) is 14.2 Å². The van der Waals surface area contributed by atoms with Gasteiger partial charge in [-0.15, -0.1) is 0 Å². The number of sulfonamides is 1. The molecular formula is C19H20F3NO8S. The molecule has 32 heavy (non-hydrogen) atoms. The summed E-state index contributed by atoms with van der Waals surface area (Å²) in [5.74, 6) is -4.02. The van der Waals surface area contributed by atoms with Crippen molar-refractivity contribution in [2.45, 2.75) is 32.3 Å². The molecule has 0 bridgehead atoms. The maximum atomic E-state index is 13.6. The number of carbonyl (C=O) groups is 3. The molecule has 9 nitrogen and oxygen atoms in total.